The number of hydrogen-bond acceptors (Lipinski definition) is 6. The molecule has 5 aromatic carbocycles. The minimum absolute atomic E-state index is 0.0635. The Balaban J connectivity index is 1.37. The Labute approximate surface area is 296 Å². The van der Waals surface area contributed by atoms with Crippen LogP contribution in [0.3, 0.4) is 0 Å². The highest BCUT2D eigenvalue weighted by Crippen LogP contribution is 2.53. The van der Waals surface area contributed by atoms with Crippen molar-refractivity contribution >= 4 is 55.4 Å². The van der Waals surface area contributed by atoms with Gasteiger partial charge >= 0.3 is 0 Å². The van der Waals surface area contributed by atoms with Crippen molar-refractivity contribution in [3.8, 4) is 0 Å². The van der Waals surface area contributed by atoms with E-state index in [1.165, 1.54) is 0 Å². The summed E-state index contributed by atoms with van der Waals surface area (Å²) in [6.07, 6.45) is -4.30. The Morgan fingerprint density at radius 1 is 0.660 bits per heavy atom. The maximum atomic E-state index is 15.4. The maximum absolute atomic E-state index is 15.4. The summed E-state index contributed by atoms with van der Waals surface area (Å²) >= 11 is 0. The number of aromatic nitrogens is 2. The molecule has 9 nitrogen and oxygen atoms in total. The zero-order valence-corrected chi connectivity index (χ0v) is 27.5. The van der Waals surface area contributed by atoms with Crippen LogP contribution in [0.4, 0.5) is 17.6 Å². The number of benzene rings is 5. The van der Waals surface area contributed by atoms with E-state index < -0.39 is 72.3 Å². The molecule has 2 bridgehead atoms. The van der Waals surface area contributed by atoms with Crippen LogP contribution in [0.1, 0.15) is 44.1 Å². The van der Waals surface area contributed by atoms with Gasteiger partial charge in [-0.1, -0.05) is 60.7 Å². The molecule has 13 heteroatoms. The van der Waals surface area contributed by atoms with Crippen LogP contribution in [0, 0.1) is 23.3 Å². The summed E-state index contributed by atoms with van der Waals surface area (Å²) < 4.78 is 84.6. The number of amides is 2. The van der Waals surface area contributed by atoms with Gasteiger partial charge in [-0.3, -0.25) is 14.9 Å². The average Bonchev–Trinajstić information content (AvgIpc) is 3.75. The Morgan fingerprint density at radius 3 is 1.66 bits per heavy atom. The van der Waals surface area contributed by atoms with Crippen molar-refractivity contribution < 1.29 is 46.5 Å². The minimum Gasteiger partial charge on any atom is -0.394 e. The fourth-order valence-corrected chi connectivity index (χ4v) is 8.57. The molecule has 53 heavy (non-hydrogen) atoms. The van der Waals surface area contributed by atoms with Gasteiger partial charge in [0.15, 0.2) is 29.5 Å². The molecule has 3 unspecified atom stereocenters. The van der Waals surface area contributed by atoms with E-state index in [2.05, 4.69) is 5.32 Å². The SMILES string of the molecule is O=C1NC(=O)c2c1c1c3cc(F)c(F)cc3n3c1c1c2c2cc(F)c(F)cc2n1[C@@H]1OC(CO)[C@@H]3C(OCc2ccccc2)C1OCc1ccccc1. The number of ether oxygens (including phenoxy) is 3. The van der Waals surface area contributed by atoms with E-state index >= 15 is 17.6 Å². The Morgan fingerprint density at radius 2 is 1.13 bits per heavy atom. The van der Waals surface area contributed by atoms with Crippen molar-refractivity contribution in [3.63, 3.8) is 0 Å². The minimum atomic E-state index is -1.20. The summed E-state index contributed by atoms with van der Waals surface area (Å²) in [5, 5.41) is 13.8. The van der Waals surface area contributed by atoms with Gasteiger partial charge in [0.25, 0.3) is 11.8 Å². The van der Waals surface area contributed by atoms with Gasteiger partial charge in [0.1, 0.15) is 18.3 Å². The lowest BCUT2D eigenvalue weighted by Crippen LogP contribution is -2.56. The molecule has 3 aliphatic rings. The maximum Gasteiger partial charge on any atom is 0.259 e. The van der Waals surface area contributed by atoms with Gasteiger partial charge in [-0.05, 0) is 23.3 Å². The predicted octanol–water partition coefficient (Wildman–Crippen LogP) is 6.96. The summed E-state index contributed by atoms with van der Waals surface area (Å²) in [7, 11) is 0. The van der Waals surface area contributed by atoms with Gasteiger partial charge in [0.05, 0.1) is 59.1 Å². The van der Waals surface area contributed by atoms with Gasteiger partial charge in [0, 0.05) is 33.7 Å². The van der Waals surface area contributed by atoms with Crippen molar-refractivity contribution in [3.05, 3.63) is 130 Å². The largest absolute Gasteiger partial charge is 0.394 e. The fraction of sp³-hybridized carbons (Fsp3) is 0.200. The predicted molar refractivity (Wildman–Crippen MR) is 184 cm³/mol. The smallest absolute Gasteiger partial charge is 0.259 e. The molecule has 5 heterocycles. The first-order chi connectivity index (χ1) is 25.7. The zero-order valence-electron chi connectivity index (χ0n) is 27.5. The number of carbonyl (C=O) groups excluding carboxylic acids is 2. The second-order valence-electron chi connectivity index (χ2n) is 13.5. The monoisotopic (exact) mass is 721 g/mol. The van der Waals surface area contributed by atoms with E-state index in [0.29, 0.717) is 0 Å². The highest BCUT2D eigenvalue weighted by atomic mass is 19.2. The van der Waals surface area contributed by atoms with Gasteiger partial charge in [-0.15, -0.1) is 0 Å². The molecule has 266 valence electrons. The number of aliphatic hydroxyl groups is 1. The van der Waals surface area contributed by atoms with Crippen LogP contribution in [-0.2, 0) is 27.4 Å². The van der Waals surface area contributed by atoms with Crippen LogP contribution >= 0.6 is 0 Å². The van der Waals surface area contributed by atoms with E-state index in [1.54, 1.807) is 9.13 Å². The van der Waals surface area contributed by atoms with Crippen molar-refractivity contribution in [2.75, 3.05) is 6.61 Å². The fourth-order valence-electron chi connectivity index (χ4n) is 8.57. The third-order valence-electron chi connectivity index (χ3n) is 10.7. The summed E-state index contributed by atoms with van der Waals surface area (Å²) in [6.45, 7) is -0.444. The first-order valence-electron chi connectivity index (χ1n) is 17.0. The number of nitrogens with zero attached hydrogens (tertiary/aromatic N) is 2. The lowest BCUT2D eigenvalue weighted by Gasteiger charge is -2.49. The second-order valence-corrected chi connectivity index (χ2v) is 13.5. The number of carbonyl (C=O) groups is 2. The molecule has 3 aliphatic heterocycles. The summed E-state index contributed by atoms with van der Waals surface area (Å²) in [5.41, 5.74) is 2.04. The first kappa shape index (κ1) is 32.1. The molecule has 10 rings (SSSR count). The number of halogens is 4. The third-order valence-corrected chi connectivity index (χ3v) is 10.7. The standard InChI is InChI=1S/C40H27F4N3O6/c41-22-11-20-26(13-24(22)43)46-33-28(15-48)53-40(37(52-17-19-9-5-2-6-10-19)36(33)51-16-18-7-3-1-4-8-18)47-27-14-25(44)23(42)12-21(27)30-32-31(38(49)45-39(32)50)29(20)34(46)35(30)47/h1-14,28,33,36-37,40,48H,15-17H2,(H,45,49,50)/t28?,33-,36?,37?,40-/m1/s1. The normalized spacial score (nSPS) is 22.0. The lowest BCUT2D eigenvalue weighted by atomic mass is 9.92. The van der Waals surface area contributed by atoms with Crippen molar-refractivity contribution in [1.29, 1.82) is 0 Å². The van der Waals surface area contributed by atoms with Crippen LogP contribution < -0.4 is 5.32 Å². The Kier molecular flexibility index (Phi) is 7.08. The van der Waals surface area contributed by atoms with Crippen molar-refractivity contribution in [2.24, 2.45) is 0 Å². The molecule has 2 aromatic heterocycles. The lowest BCUT2D eigenvalue weighted by molar-refractivity contribution is -0.255. The van der Waals surface area contributed by atoms with Gasteiger partial charge in [-0.2, -0.15) is 0 Å². The molecule has 2 N–H and O–H groups in total. The van der Waals surface area contributed by atoms with Crippen LogP contribution in [0.25, 0.3) is 43.6 Å². The van der Waals surface area contributed by atoms with E-state index in [1.807, 2.05) is 60.7 Å². The van der Waals surface area contributed by atoms with Crippen LogP contribution in [0.5, 0.6) is 0 Å². The molecule has 0 spiro atoms. The molecular weight excluding hydrogens is 694 g/mol. The van der Waals surface area contributed by atoms with Crippen molar-refractivity contribution in [1.82, 2.24) is 14.5 Å². The topological polar surface area (TPSA) is 104 Å². The number of hydrogen-bond donors (Lipinski definition) is 2. The molecule has 7 aromatic rings. The van der Waals surface area contributed by atoms with Crippen LogP contribution in [0.15, 0.2) is 84.9 Å². The molecule has 1 saturated heterocycles. The molecule has 2 amide bonds. The Bertz CT molecular complexity index is 2700. The van der Waals surface area contributed by atoms with E-state index in [9.17, 15) is 14.7 Å². The summed E-state index contributed by atoms with van der Waals surface area (Å²) in [5.74, 6) is -6.36. The number of fused-ring (bicyclic) bond motifs is 14. The molecule has 1 fully saturated rings. The number of rotatable bonds is 7. The van der Waals surface area contributed by atoms with Gasteiger partial charge < -0.3 is 28.5 Å². The number of aliphatic hydroxyl groups excluding tert-OH is 1. The van der Waals surface area contributed by atoms with Crippen LogP contribution in [-0.4, -0.2) is 51.0 Å². The van der Waals surface area contributed by atoms with Crippen LogP contribution in [0.2, 0.25) is 0 Å². The Hall–Kier alpha value is -5.60. The molecular formula is C40H27F4N3O6. The van der Waals surface area contributed by atoms with Crippen molar-refractivity contribution in [2.45, 2.75) is 43.8 Å². The molecule has 0 saturated carbocycles. The molecule has 5 atom stereocenters. The van der Waals surface area contributed by atoms with E-state index in [4.69, 9.17) is 14.2 Å². The zero-order chi connectivity index (χ0) is 36.3. The number of nitrogens with one attached hydrogen (secondary N) is 1. The van der Waals surface area contributed by atoms with E-state index in [0.717, 1.165) is 35.4 Å². The second kappa shape index (κ2) is 11.7. The first-order valence-corrected chi connectivity index (χ1v) is 17.0. The summed E-state index contributed by atoms with van der Waals surface area (Å²) in [6, 6.07) is 21.5. The quantitative estimate of drug-likeness (QED) is 0.136. The summed E-state index contributed by atoms with van der Waals surface area (Å²) in [4.78, 5) is 27.4. The van der Waals surface area contributed by atoms with Gasteiger partial charge in [0.2, 0.25) is 0 Å². The average molecular weight is 722 g/mol. The molecule has 0 aliphatic carbocycles. The highest BCUT2D eigenvalue weighted by molar-refractivity contribution is 6.39. The molecule has 0 radical (unpaired) electrons. The third kappa shape index (κ3) is 4.51. The van der Waals surface area contributed by atoms with E-state index in [-0.39, 0.29) is 68.0 Å². The number of imide groups is 1. The van der Waals surface area contributed by atoms with Gasteiger partial charge in [-0.25, -0.2) is 17.6 Å². The highest BCUT2D eigenvalue weighted by Gasteiger charge is 2.53.